The molecule has 3 N–H and O–H groups in total. The average Bonchev–Trinajstić information content (AvgIpc) is 3.10. The van der Waals surface area contributed by atoms with Crippen LogP contribution in [0.4, 0.5) is 10.1 Å². The Morgan fingerprint density at radius 3 is 2.46 bits per heavy atom. The zero-order valence-electron chi connectivity index (χ0n) is 14.4. The van der Waals surface area contributed by atoms with E-state index in [-0.39, 0.29) is 12.0 Å². The molecule has 3 rings (SSSR count). The summed E-state index contributed by atoms with van der Waals surface area (Å²) in [6.45, 7) is 0. The van der Waals surface area contributed by atoms with Crippen LogP contribution in [0, 0.1) is 5.82 Å². The van der Waals surface area contributed by atoms with Crippen LogP contribution >= 0.6 is 7.60 Å². The standard InChI is InChI=1S/C18H16FN4O4P/c19-14-3-7-16(8-4-14)23-12-20-22-17(23)9-10-18(24)21-15-5-1-13(2-6-15)11-28(25,26)27/h1-10,12H,11H2,(H,21,24)(H2,25,26,27). The first-order valence-corrected chi connectivity index (χ1v) is 9.88. The van der Waals surface area contributed by atoms with Gasteiger partial charge in [-0.25, -0.2) is 4.39 Å². The minimum absolute atomic E-state index is 0.361. The predicted octanol–water partition coefficient (Wildman–Crippen LogP) is 2.74. The van der Waals surface area contributed by atoms with Crippen LogP contribution in [0.2, 0.25) is 0 Å². The first kappa shape index (κ1) is 19.6. The van der Waals surface area contributed by atoms with E-state index in [1.165, 1.54) is 42.7 Å². The molecule has 0 bridgehead atoms. The Morgan fingerprint density at radius 2 is 1.82 bits per heavy atom. The molecule has 0 unspecified atom stereocenters. The molecule has 0 aliphatic carbocycles. The highest BCUT2D eigenvalue weighted by Crippen LogP contribution is 2.39. The smallest absolute Gasteiger partial charge is 0.324 e. The molecule has 2 aromatic carbocycles. The van der Waals surface area contributed by atoms with Crippen molar-refractivity contribution in [3.63, 3.8) is 0 Å². The Balaban J connectivity index is 1.66. The summed E-state index contributed by atoms with van der Waals surface area (Å²) in [5.41, 5.74) is 1.59. The van der Waals surface area contributed by atoms with Gasteiger partial charge in [0.15, 0.2) is 5.82 Å². The number of anilines is 1. The Hall–Kier alpha value is -3.13. The lowest BCUT2D eigenvalue weighted by molar-refractivity contribution is -0.111. The highest BCUT2D eigenvalue weighted by Gasteiger charge is 2.13. The monoisotopic (exact) mass is 402 g/mol. The van der Waals surface area contributed by atoms with E-state index in [2.05, 4.69) is 15.5 Å². The van der Waals surface area contributed by atoms with Crippen molar-refractivity contribution in [1.29, 1.82) is 0 Å². The summed E-state index contributed by atoms with van der Waals surface area (Å²) in [4.78, 5) is 30.0. The highest BCUT2D eigenvalue weighted by atomic mass is 31.2. The molecule has 0 fully saturated rings. The van der Waals surface area contributed by atoms with Gasteiger partial charge in [0.1, 0.15) is 12.1 Å². The number of benzene rings is 2. The molecule has 3 aromatic rings. The number of halogens is 1. The summed E-state index contributed by atoms with van der Waals surface area (Å²) >= 11 is 0. The molecule has 10 heteroatoms. The van der Waals surface area contributed by atoms with Gasteiger partial charge in [-0.1, -0.05) is 12.1 Å². The zero-order chi connectivity index (χ0) is 20.1. The van der Waals surface area contributed by atoms with Crippen LogP contribution in [0.15, 0.2) is 60.9 Å². The summed E-state index contributed by atoms with van der Waals surface area (Å²) in [5.74, 6) is -0.393. The molecule has 1 heterocycles. The van der Waals surface area contributed by atoms with Crippen LogP contribution in [0.1, 0.15) is 11.4 Å². The van der Waals surface area contributed by atoms with E-state index in [0.717, 1.165) is 0 Å². The third-order valence-corrected chi connectivity index (χ3v) is 4.45. The van der Waals surface area contributed by atoms with Gasteiger partial charge in [0.2, 0.25) is 5.91 Å². The minimum Gasteiger partial charge on any atom is -0.324 e. The number of aromatic nitrogens is 3. The lowest BCUT2D eigenvalue weighted by Gasteiger charge is -2.06. The highest BCUT2D eigenvalue weighted by molar-refractivity contribution is 7.50. The topological polar surface area (TPSA) is 117 Å². The van der Waals surface area contributed by atoms with Gasteiger partial charge in [-0.15, -0.1) is 10.2 Å². The maximum Gasteiger partial charge on any atom is 0.329 e. The largest absolute Gasteiger partial charge is 0.329 e. The second-order valence-electron chi connectivity index (χ2n) is 5.88. The van der Waals surface area contributed by atoms with E-state index in [1.54, 1.807) is 28.8 Å². The molecule has 0 saturated carbocycles. The van der Waals surface area contributed by atoms with Crippen molar-refractivity contribution in [2.24, 2.45) is 0 Å². The molecule has 0 aliphatic heterocycles. The molecular formula is C18H16FN4O4P. The van der Waals surface area contributed by atoms with E-state index in [0.29, 0.717) is 22.8 Å². The summed E-state index contributed by atoms with van der Waals surface area (Å²) in [7, 11) is -4.14. The Kier molecular flexibility index (Phi) is 5.79. The van der Waals surface area contributed by atoms with E-state index < -0.39 is 13.5 Å². The second kappa shape index (κ2) is 8.26. The Labute approximate surface area is 159 Å². The van der Waals surface area contributed by atoms with E-state index in [1.807, 2.05) is 0 Å². The van der Waals surface area contributed by atoms with Crippen LogP contribution in [0.25, 0.3) is 11.8 Å². The zero-order valence-corrected chi connectivity index (χ0v) is 15.3. The van der Waals surface area contributed by atoms with Gasteiger partial charge in [-0.05, 0) is 48.0 Å². The van der Waals surface area contributed by atoms with E-state index in [4.69, 9.17) is 9.79 Å². The number of rotatable bonds is 6. The predicted molar refractivity (Wildman–Crippen MR) is 101 cm³/mol. The van der Waals surface area contributed by atoms with Crippen molar-refractivity contribution in [3.8, 4) is 5.69 Å². The van der Waals surface area contributed by atoms with Crippen molar-refractivity contribution in [3.05, 3.63) is 78.1 Å². The minimum atomic E-state index is -4.14. The lowest BCUT2D eigenvalue weighted by atomic mass is 10.2. The van der Waals surface area contributed by atoms with Gasteiger partial charge in [-0.2, -0.15) is 0 Å². The van der Waals surface area contributed by atoms with Crippen molar-refractivity contribution < 1.29 is 23.5 Å². The van der Waals surface area contributed by atoms with Gasteiger partial charge in [-0.3, -0.25) is 13.9 Å². The third kappa shape index (κ3) is 5.43. The number of carbonyl (C=O) groups excluding carboxylic acids is 1. The van der Waals surface area contributed by atoms with Crippen LogP contribution < -0.4 is 5.32 Å². The van der Waals surface area contributed by atoms with Gasteiger partial charge in [0.05, 0.1) is 6.16 Å². The third-order valence-electron chi connectivity index (χ3n) is 3.67. The number of nitrogens with one attached hydrogen (secondary N) is 1. The van der Waals surface area contributed by atoms with E-state index >= 15 is 0 Å². The van der Waals surface area contributed by atoms with Crippen molar-refractivity contribution in [1.82, 2.24) is 14.8 Å². The summed E-state index contributed by atoms with van der Waals surface area (Å²) in [6, 6.07) is 11.9. The van der Waals surface area contributed by atoms with E-state index in [9.17, 15) is 13.8 Å². The molecule has 0 saturated heterocycles. The van der Waals surface area contributed by atoms with Gasteiger partial charge < -0.3 is 15.1 Å². The molecule has 0 atom stereocenters. The SMILES string of the molecule is O=C(C=Cc1nncn1-c1ccc(F)cc1)Nc1ccc(CP(=O)(O)O)cc1. The van der Waals surface area contributed by atoms with Crippen LogP contribution in [-0.4, -0.2) is 30.5 Å². The van der Waals surface area contributed by atoms with Crippen molar-refractivity contribution >= 4 is 25.3 Å². The maximum absolute atomic E-state index is 13.0. The van der Waals surface area contributed by atoms with Gasteiger partial charge >= 0.3 is 7.60 Å². The molecule has 0 radical (unpaired) electrons. The number of hydrogen-bond donors (Lipinski definition) is 3. The van der Waals surface area contributed by atoms with Crippen LogP contribution in [-0.2, 0) is 15.5 Å². The maximum atomic E-state index is 13.0. The second-order valence-corrected chi connectivity index (χ2v) is 7.52. The Morgan fingerprint density at radius 1 is 1.14 bits per heavy atom. The van der Waals surface area contributed by atoms with Crippen LogP contribution in [0.5, 0.6) is 0 Å². The lowest BCUT2D eigenvalue weighted by Crippen LogP contribution is -2.08. The first-order chi connectivity index (χ1) is 13.3. The molecule has 28 heavy (non-hydrogen) atoms. The molecular weight excluding hydrogens is 386 g/mol. The fourth-order valence-electron chi connectivity index (χ4n) is 2.42. The number of carbonyl (C=O) groups is 1. The van der Waals surface area contributed by atoms with Crippen molar-refractivity contribution in [2.45, 2.75) is 6.16 Å². The van der Waals surface area contributed by atoms with Crippen molar-refractivity contribution in [2.75, 3.05) is 5.32 Å². The molecule has 144 valence electrons. The van der Waals surface area contributed by atoms with Gasteiger partial charge in [0.25, 0.3) is 0 Å². The first-order valence-electron chi connectivity index (χ1n) is 8.09. The molecule has 1 aromatic heterocycles. The quantitative estimate of drug-likeness (QED) is 0.431. The van der Waals surface area contributed by atoms with Gasteiger partial charge in [0, 0.05) is 17.5 Å². The summed E-state index contributed by atoms with van der Waals surface area (Å²) in [6.07, 6.45) is 3.83. The number of hydrogen-bond acceptors (Lipinski definition) is 4. The summed E-state index contributed by atoms with van der Waals surface area (Å²) < 4.78 is 25.6. The number of amides is 1. The fraction of sp³-hybridized carbons (Fsp3) is 0.0556. The number of nitrogens with zero attached hydrogens (tertiary/aromatic N) is 3. The molecule has 1 amide bonds. The molecule has 8 nitrogen and oxygen atoms in total. The molecule has 0 spiro atoms. The molecule has 0 aliphatic rings. The van der Waals surface area contributed by atoms with Crippen LogP contribution in [0.3, 0.4) is 0 Å². The fourth-order valence-corrected chi connectivity index (χ4v) is 3.11. The normalized spacial score (nSPS) is 11.7. The summed E-state index contributed by atoms with van der Waals surface area (Å²) in [5, 5.41) is 10.3. The average molecular weight is 402 g/mol. The Bertz CT molecular complexity index is 1040.